The molecule has 0 aliphatic carbocycles. The summed E-state index contributed by atoms with van der Waals surface area (Å²) in [6.07, 6.45) is 0. The van der Waals surface area contributed by atoms with E-state index >= 15 is 0 Å². The normalized spacial score (nSPS) is 28.2. The van der Waals surface area contributed by atoms with Crippen molar-refractivity contribution in [1.82, 2.24) is 10.2 Å². The van der Waals surface area contributed by atoms with Gasteiger partial charge in [-0.1, -0.05) is 0 Å². The first-order chi connectivity index (χ1) is 7.16. The minimum absolute atomic E-state index is 0.625. The van der Waals surface area contributed by atoms with Gasteiger partial charge >= 0.3 is 0 Å². The first-order valence-corrected chi connectivity index (χ1v) is 6.60. The zero-order valence-corrected chi connectivity index (χ0v) is 10.6. The van der Waals surface area contributed by atoms with Gasteiger partial charge in [-0.3, -0.25) is 4.90 Å². The lowest BCUT2D eigenvalue weighted by atomic mass is 10.1. The number of hydrogen-bond donors (Lipinski definition) is 1. The van der Waals surface area contributed by atoms with Crippen molar-refractivity contribution < 1.29 is 0 Å². The smallest absolute Gasteiger partial charge is 0.0248 e. The Morgan fingerprint density at radius 3 is 2.93 bits per heavy atom. The second-order valence-electron chi connectivity index (χ2n) is 4.67. The van der Waals surface area contributed by atoms with E-state index in [-0.39, 0.29) is 0 Å². The van der Waals surface area contributed by atoms with Crippen LogP contribution in [0.1, 0.15) is 25.0 Å². The maximum atomic E-state index is 3.52. The summed E-state index contributed by atoms with van der Waals surface area (Å²) in [5.74, 6) is 0. The highest BCUT2D eigenvalue weighted by Gasteiger charge is 2.22. The molecule has 1 saturated heterocycles. The summed E-state index contributed by atoms with van der Waals surface area (Å²) in [4.78, 5) is 2.58. The van der Waals surface area contributed by atoms with Gasteiger partial charge in [0.25, 0.3) is 0 Å². The average molecular weight is 224 g/mol. The van der Waals surface area contributed by atoms with Crippen LogP contribution in [0.3, 0.4) is 0 Å². The van der Waals surface area contributed by atoms with Gasteiger partial charge in [0, 0.05) is 31.7 Å². The van der Waals surface area contributed by atoms with Gasteiger partial charge < -0.3 is 5.32 Å². The molecule has 15 heavy (non-hydrogen) atoms. The lowest BCUT2D eigenvalue weighted by Gasteiger charge is -2.37. The fourth-order valence-electron chi connectivity index (χ4n) is 2.09. The Bertz CT molecular complexity index is 321. The molecule has 1 N–H and O–H groups in total. The van der Waals surface area contributed by atoms with E-state index in [1.165, 1.54) is 11.1 Å². The third-order valence-corrected chi connectivity index (χ3v) is 4.14. The number of nitrogens with zero attached hydrogens (tertiary/aromatic N) is 1. The Hall–Kier alpha value is -0.380. The Morgan fingerprint density at radius 1 is 1.47 bits per heavy atom. The van der Waals surface area contributed by atoms with Gasteiger partial charge in [-0.05, 0) is 42.7 Å². The zero-order valence-electron chi connectivity index (χ0n) is 9.79. The summed E-state index contributed by atoms with van der Waals surface area (Å²) < 4.78 is 0. The van der Waals surface area contributed by atoms with E-state index < -0.39 is 0 Å². The van der Waals surface area contributed by atoms with E-state index in [1.807, 2.05) is 11.3 Å². The first-order valence-electron chi connectivity index (χ1n) is 5.66. The predicted molar refractivity (Wildman–Crippen MR) is 66.4 cm³/mol. The molecule has 0 saturated carbocycles. The van der Waals surface area contributed by atoms with Crippen LogP contribution in [-0.2, 0) is 6.54 Å². The molecule has 1 aromatic rings. The topological polar surface area (TPSA) is 15.3 Å². The summed E-state index contributed by atoms with van der Waals surface area (Å²) in [6, 6.07) is 1.28. The van der Waals surface area contributed by atoms with Gasteiger partial charge in [-0.15, -0.1) is 0 Å². The van der Waals surface area contributed by atoms with Crippen molar-refractivity contribution >= 4 is 11.3 Å². The summed E-state index contributed by atoms with van der Waals surface area (Å²) in [6.45, 7) is 10.2. The van der Waals surface area contributed by atoms with Crippen molar-refractivity contribution in [3.05, 3.63) is 21.9 Å². The highest BCUT2D eigenvalue weighted by Crippen LogP contribution is 2.18. The molecule has 1 aliphatic rings. The quantitative estimate of drug-likeness (QED) is 0.829. The maximum absolute atomic E-state index is 3.52. The number of thiophene rings is 1. The molecule has 0 radical (unpaired) electrons. The second kappa shape index (κ2) is 4.64. The molecule has 2 rings (SSSR count). The fraction of sp³-hybridized carbons (Fsp3) is 0.667. The first kappa shape index (κ1) is 11.1. The van der Waals surface area contributed by atoms with Crippen molar-refractivity contribution in [1.29, 1.82) is 0 Å². The van der Waals surface area contributed by atoms with Crippen molar-refractivity contribution in [3.8, 4) is 0 Å². The fourth-order valence-corrected chi connectivity index (χ4v) is 2.93. The SMILES string of the molecule is Cc1cscc1CN1CC(C)NCC1C. The zero-order chi connectivity index (χ0) is 10.8. The van der Waals surface area contributed by atoms with E-state index in [9.17, 15) is 0 Å². The molecule has 0 amide bonds. The van der Waals surface area contributed by atoms with Crippen LogP contribution in [-0.4, -0.2) is 30.1 Å². The average Bonchev–Trinajstić information content (AvgIpc) is 2.58. The van der Waals surface area contributed by atoms with Crippen LogP contribution < -0.4 is 5.32 Å². The van der Waals surface area contributed by atoms with Crippen LogP contribution in [0, 0.1) is 6.92 Å². The number of nitrogens with one attached hydrogen (secondary N) is 1. The van der Waals surface area contributed by atoms with Crippen LogP contribution in [0.25, 0.3) is 0 Å². The number of hydrogen-bond acceptors (Lipinski definition) is 3. The largest absolute Gasteiger partial charge is 0.311 e. The van der Waals surface area contributed by atoms with Crippen LogP contribution in [0.2, 0.25) is 0 Å². The van der Waals surface area contributed by atoms with E-state index in [1.54, 1.807) is 0 Å². The lowest BCUT2D eigenvalue weighted by Crippen LogP contribution is -2.53. The molecule has 2 nitrogen and oxygen atoms in total. The van der Waals surface area contributed by atoms with Crippen molar-refractivity contribution in [3.63, 3.8) is 0 Å². The van der Waals surface area contributed by atoms with Gasteiger partial charge in [-0.25, -0.2) is 0 Å². The molecule has 2 atom stereocenters. The van der Waals surface area contributed by atoms with Gasteiger partial charge in [-0.2, -0.15) is 11.3 Å². The van der Waals surface area contributed by atoms with Crippen molar-refractivity contribution in [2.24, 2.45) is 0 Å². The molecular formula is C12H20N2S. The molecule has 0 aromatic carbocycles. The predicted octanol–water partition coefficient (Wildman–Crippen LogP) is 2.24. The number of rotatable bonds is 2. The molecule has 84 valence electrons. The summed E-state index contributed by atoms with van der Waals surface area (Å²) in [5, 5.41) is 8.05. The van der Waals surface area contributed by atoms with Crippen LogP contribution in [0.15, 0.2) is 10.8 Å². The Morgan fingerprint density at radius 2 is 2.27 bits per heavy atom. The van der Waals surface area contributed by atoms with Crippen molar-refractivity contribution in [2.75, 3.05) is 13.1 Å². The number of piperazine rings is 1. The van der Waals surface area contributed by atoms with Gasteiger partial charge in [0.2, 0.25) is 0 Å². The minimum Gasteiger partial charge on any atom is -0.311 e. The molecule has 2 unspecified atom stereocenters. The molecular weight excluding hydrogens is 204 g/mol. The monoisotopic (exact) mass is 224 g/mol. The molecule has 1 aliphatic heterocycles. The maximum Gasteiger partial charge on any atom is 0.0248 e. The standard InChI is InChI=1S/C12H20N2S/c1-9-7-15-8-12(9)6-14-5-10(2)13-4-11(14)3/h7-8,10-11,13H,4-6H2,1-3H3. The summed E-state index contributed by atoms with van der Waals surface area (Å²) >= 11 is 1.81. The lowest BCUT2D eigenvalue weighted by molar-refractivity contribution is 0.139. The van der Waals surface area contributed by atoms with Gasteiger partial charge in [0.05, 0.1) is 0 Å². The molecule has 3 heteroatoms. The highest BCUT2D eigenvalue weighted by atomic mass is 32.1. The van der Waals surface area contributed by atoms with Gasteiger partial charge in [0.15, 0.2) is 0 Å². The molecule has 1 fully saturated rings. The molecule has 1 aromatic heterocycles. The van der Waals surface area contributed by atoms with Crippen molar-refractivity contribution in [2.45, 2.75) is 39.4 Å². The van der Waals surface area contributed by atoms with E-state index in [4.69, 9.17) is 0 Å². The van der Waals surface area contributed by atoms with E-state index in [2.05, 4.69) is 41.7 Å². The Balaban J connectivity index is 2.01. The summed E-state index contributed by atoms with van der Waals surface area (Å²) in [5.41, 5.74) is 2.94. The molecule has 0 bridgehead atoms. The highest BCUT2D eigenvalue weighted by molar-refractivity contribution is 7.08. The number of aryl methyl sites for hydroxylation is 1. The van der Waals surface area contributed by atoms with E-state index in [0.717, 1.165) is 19.6 Å². The third-order valence-electron chi connectivity index (χ3n) is 3.23. The Labute approximate surface area is 96.3 Å². The Kier molecular flexibility index (Phi) is 3.44. The minimum atomic E-state index is 0.625. The molecule has 2 heterocycles. The van der Waals surface area contributed by atoms with Crippen LogP contribution in [0.5, 0.6) is 0 Å². The summed E-state index contributed by atoms with van der Waals surface area (Å²) in [7, 11) is 0. The molecule has 0 spiro atoms. The second-order valence-corrected chi connectivity index (χ2v) is 5.41. The van der Waals surface area contributed by atoms with Crippen LogP contribution >= 0.6 is 11.3 Å². The third kappa shape index (κ3) is 2.60. The van der Waals surface area contributed by atoms with E-state index in [0.29, 0.717) is 12.1 Å². The van der Waals surface area contributed by atoms with Crippen LogP contribution in [0.4, 0.5) is 0 Å². The van der Waals surface area contributed by atoms with Gasteiger partial charge in [0.1, 0.15) is 0 Å².